The first-order valence-electron chi connectivity index (χ1n) is 9.08. The third-order valence-electron chi connectivity index (χ3n) is 4.81. The van der Waals surface area contributed by atoms with E-state index in [2.05, 4.69) is 6.92 Å². The number of ketones is 1. The minimum Gasteiger partial charge on any atom is -0.469 e. The van der Waals surface area contributed by atoms with Gasteiger partial charge in [-0.1, -0.05) is 51.3 Å². The smallest absolute Gasteiger partial charge is 0.305 e. The fraction of sp³-hybridized carbons (Fsp3) is 0.700. The zero-order chi connectivity index (χ0) is 18.0. The van der Waals surface area contributed by atoms with Crippen LogP contribution in [0.5, 0.6) is 0 Å². The number of methoxy groups -OCH3 is 1. The van der Waals surface area contributed by atoms with Gasteiger partial charge in [-0.15, -0.1) is 0 Å². The maximum atomic E-state index is 12.3. The van der Waals surface area contributed by atoms with Crippen molar-refractivity contribution in [3.05, 3.63) is 24.3 Å². The molecule has 0 fully saturated rings. The van der Waals surface area contributed by atoms with E-state index in [0.717, 1.165) is 32.1 Å². The SMILES string of the molecule is CCCCCC(O)C=C[C@@]1(CCC(C)CC(=O)OC)CC=CC1=O. The topological polar surface area (TPSA) is 63.6 Å². The average molecular weight is 336 g/mol. The Bertz CT molecular complexity index is 466. The molecule has 2 unspecified atom stereocenters. The van der Waals surface area contributed by atoms with Crippen molar-refractivity contribution in [3.8, 4) is 0 Å². The number of aliphatic hydroxyl groups excluding tert-OH is 1. The summed E-state index contributed by atoms with van der Waals surface area (Å²) in [5.41, 5.74) is -0.546. The van der Waals surface area contributed by atoms with Crippen LogP contribution >= 0.6 is 0 Å². The molecular weight excluding hydrogens is 304 g/mol. The van der Waals surface area contributed by atoms with Gasteiger partial charge in [0.25, 0.3) is 0 Å². The molecule has 4 nitrogen and oxygen atoms in total. The molecule has 1 aliphatic carbocycles. The van der Waals surface area contributed by atoms with Crippen molar-refractivity contribution in [3.63, 3.8) is 0 Å². The number of carbonyl (C=O) groups excluding carboxylic acids is 2. The fourth-order valence-corrected chi connectivity index (χ4v) is 3.07. The Labute approximate surface area is 146 Å². The van der Waals surface area contributed by atoms with Crippen LogP contribution in [0.25, 0.3) is 0 Å². The summed E-state index contributed by atoms with van der Waals surface area (Å²) >= 11 is 0. The lowest BCUT2D eigenvalue weighted by Gasteiger charge is -2.25. The molecule has 1 aliphatic rings. The highest BCUT2D eigenvalue weighted by Gasteiger charge is 2.36. The quantitative estimate of drug-likeness (QED) is 0.352. The summed E-state index contributed by atoms with van der Waals surface area (Å²) < 4.78 is 4.70. The maximum Gasteiger partial charge on any atom is 0.305 e. The lowest BCUT2D eigenvalue weighted by atomic mass is 9.77. The molecule has 136 valence electrons. The Morgan fingerprint density at radius 1 is 1.42 bits per heavy atom. The summed E-state index contributed by atoms with van der Waals surface area (Å²) in [5.74, 6) is 0.0599. The van der Waals surface area contributed by atoms with Crippen LogP contribution in [0.1, 0.15) is 65.2 Å². The second kappa shape index (κ2) is 10.4. The first-order valence-corrected chi connectivity index (χ1v) is 9.08. The molecule has 1 rings (SSSR count). The number of hydrogen-bond acceptors (Lipinski definition) is 4. The fourth-order valence-electron chi connectivity index (χ4n) is 3.07. The second-order valence-corrected chi connectivity index (χ2v) is 6.97. The minimum absolute atomic E-state index is 0.102. The molecule has 0 aromatic rings. The van der Waals surface area contributed by atoms with Crippen molar-refractivity contribution >= 4 is 11.8 Å². The van der Waals surface area contributed by atoms with E-state index in [1.54, 1.807) is 12.2 Å². The van der Waals surface area contributed by atoms with Crippen molar-refractivity contribution in [2.45, 2.75) is 71.3 Å². The Balaban J connectivity index is 2.60. The summed E-state index contributed by atoms with van der Waals surface area (Å²) in [6, 6.07) is 0. The lowest BCUT2D eigenvalue weighted by Crippen LogP contribution is -2.25. The van der Waals surface area contributed by atoms with Crippen molar-refractivity contribution in [1.82, 2.24) is 0 Å². The largest absolute Gasteiger partial charge is 0.469 e. The number of ether oxygens (including phenoxy) is 1. The molecule has 0 saturated carbocycles. The van der Waals surface area contributed by atoms with E-state index < -0.39 is 11.5 Å². The van der Waals surface area contributed by atoms with Crippen LogP contribution in [0, 0.1) is 11.3 Å². The van der Waals surface area contributed by atoms with Crippen LogP contribution in [-0.2, 0) is 14.3 Å². The van der Waals surface area contributed by atoms with Crippen LogP contribution in [0.4, 0.5) is 0 Å². The number of allylic oxidation sites excluding steroid dienone is 3. The molecule has 0 saturated heterocycles. The number of aliphatic hydroxyl groups is 1. The molecule has 0 bridgehead atoms. The monoisotopic (exact) mass is 336 g/mol. The summed E-state index contributed by atoms with van der Waals surface area (Å²) in [4.78, 5) is 23.7. The highest BCUT2D eigenvalue weighted by molar-refractivity contribution is 5.98. The summed E-state index contributed by atoms with van der Waals surface area (Å²) in [6.07, 6.45) is 13.2. The van der Waals surface area contributed by atoms with Crippen LogP contribution in [0.15, 0.2) is 24.3 Å². The molecule has 1 N–H and O–H groups in total. The van der Waals surface area contributed by atoms with Gasteiger partial charge in [-0.05, 0) is 37.7 Å². The van der Waals surface area contributed by atoms with E-state index in [1.165, 1.54) is 7.11 Å². The Morgan fingerprint density at radius 2 is 2.17 bits per heavy atom. The van der Waals surface area contributed by atoms with Gasteiger partial charge in [0, 0.05) is 6.42 Å². The Hall–Kier alpha value is -1.42. The third-order valence-corrected chi connectivity index (χ3v) is 4.81. The molecule has 0 radical (unpaired) electrons. The normalized spacial score (nSPS) is 22.9. The molecule has 0 amide bonds. The van der Waals surface area contributed by atoms with Crippen LogP contribution in [0.2, 0.25) is 0 Å². The number of hydrogen-bond donors (Lipinski definition) is 1. The predicted octanol–water partition coefficient (Wildman–Crippen LogP) is 3.98. The second-order valence-electron chi connectivity index (χ2n) is 6.97. The van der Waals surface area contributed by atoms with Crippen molar-refractivity contribution in [2.75, 3.05) is 7.11 Å². The van der Waals surface area contributed by atoms with Crippen LogP contribution < -0.4 is 0 Å². The number of carbonyl (C=O) groups is 2. The van der Waals surface area contributed by atoms with Crippen molar-refractivity contribution in [1.29, 1.82) is 0 Å². The highest BCUT2D eigenvalue weighted by Crippen LogP contribution is 2.38. The first-order chi connectivity index (χ1) is 11.4. The molecule has 24 heavy (non-hydrogen) atoms. The Kier molecular flexibility index (Phi) is 8.98. The van der Waals surface area contributed by atoms with Gasteiger partial charge >= 0.3 is 5.97 Å². The van der Waals surface area contributed by atoms with Gasteiger partial charge in [0.05, 0.1) is 18.6 Å². The summed E-state index contributed by atoms with van der Waals surface area (Å²) in [5, 5.41) is 10.1. The van der Waals surface area contributed by atoms with Crippen molar-refractivity contribution < 1.29 is 19.4 Å². The molecule has 0 aromatic carbocycles. The standard InChI is InChI=1S/C20H32O4/c1-4-5-6-8-17(21)11-14-20(12-7-9-18(20)22)13-10-16(2)15-19(23)24-3/h7,9,11,14,16-17,21H,4-6,8,10,12-13,15H2,1-3H3/t16?,17?,20-/m0/s1. The minimum atomic E-state index is -0.546. The molecule has 0 aromatic heterocycles. The number of esters is 1. The molecular formula is C20H32O4. The maximum absolute atomic E-state index is 12.3. The highest BCUT2D eigenvalue weighted by atomic mass is 16.5. The molecule has 3 atom stereocenters. The zero-order valence-electron chi connectivity index (χ0n) is 15.3. The molecule has 0 spiro atoms. The predicted molar refractivity (Wildman–Crippen MR) is 95.5 cm³/mol. The van der Waals surface area contributed by atoms with E-state index in [4.69, 9.17) is 4.74 Å². The van der Waals surface area contributed by atoms with Gasteiger partial charge in [0.2, 0.25) is 0 Å². The van der Waals surface area contributed by atoms with E-state index >= 15 is 0 Å². The van der Waals surface area contributed by atoms with Gasteiger partial charge in [-0.2, -0.15) is 0 Å². The van der Waals surface area contributed by atoms with Gasteiger partial charge in [-0.3, -0.25) is 9.59 Å². The summed E-state index contributed by atoms with van der Waals surface area (Å²) in [7, 11) is 1.39. The average Bonchev–Trinajstić information content (AvgIpc) is 2.92. The van der Waals surface area contributed by atoms with Gasteiger partial charge < -0.3 is 9.84 Å². The van der Waals surface area contributed by atoms with E-state index in [9.17, 15) is 14.7 Å². The van der Waals surface area contributed by atoms with Crippen LogP contribution in [-0.4, -0.2) is 30.1 Å². The Morgan fingerprint density at radius 3 is 2.75 bits per heavy atom. The van der Waals surface area contributed by atoms with Gasteiger partial charge in [-0.25, -0.2) is 0 Å². The molecule has 0 aliphatic heterocycles. The first kappa shape index (κ1) is 20.6. The van der Waals surface area contributed by atoms with E-state index in [-0.39, 0.29) is 17.7 Å². The van der Waals surface area contributed by atoms with E-state index in [1.807, 2.05) is 19.1 Å². The lowest BCUT2D eigenvalue weighted by molar-refractivity contribution is -0.141. The zero-order valence-corrected chi connectivity index (χ0v) is 15.3. The molecule has 4 heteroatoms. The van der Waals surface area contributed by atoms with Crippen molar-refractivity contribution in [2.24, 2.45) is 11.3 Å². The van der Waals surface area contributed by atoms with Gasteiger partial charge in [0.1, 0.15) is 0 Å². The number of unbranched alkanes of at least 4 members (excludes halogenated alkanes) is 2. The van der Waals surface area contributed by atoms with Gasteiger partial charge in [0.15, 0.2) is 5.78 Å². The third kappa shape index (κ3) is 6.60. The summed E-state index contributed by atoms with van der Waals surface area (Å²) in [6.45, 7) is 4.14. The van der Waals surface area contributed by atoms with Crippen LogP contribution in [0.3, 0.4) is 0 Å². The molecule has 0 heterocycles. The number of rotatable bonds is 11. The van der Waals surface area contributed by atoms with E-state index in [0.29, 0.717) is 19.3 Å².